The van der Waals surface area contributed by atoms with Gasteiger partial charge in [-0.25, -0.2) is 9.97 Å². The largest absolute Gasteiger partial charge is 0.337 e. The van der Waals surface area contributed by atoms with Gasteiger partial charge in [-0.3, -0.25) is 4.79 Å². The molecule has 0 aromatic carbocycles. The fourth-order valence-corrected chi connectivity index (χ4v) is 4.00. The lowest BCUT2D eigenvalue weighted by molar-refractivity contribution is 0.0698. The number of aromatic nitrogens is 4. The molecule has 1 aliphatic heterocycles. The Balaban J connectivity index is 1.46. The van der Waals surface area contributed by atoms with Crippen LogP contribution in [-0.4, -0.2) is 68.4 Å². The zero-order valence-corrected chi connectivity index (χ0v) is 16.7. The SMILES string of the molecule is CN(C)CCCn1ccnc1[C@@H]1CCCN(C(=O)c2cn3ccccc3n2)C1. The Morgan fingerprint density at radius 3 is 3.00 bits per heavy atom. The number of nitrogens with zero attached hydrogens (tertiary/aromatic N) is 6. The van der Waals surface area contributed by atoms with Gasteiger partial charge in [0.2, 0.25) is 0 Å². The summed E-state index contributed by atoms with van der Waals surface area (Å²) in [6.07, 6.45) is 10.8. The molecule has 4 rings (SSSR count). The van der Waals surface area contributed by atoms with Crippen molar-refractivity contribution in [1.29, 1.82) is 0 Å². The van der Waals surface area contributed by atoms with Crippen LogP contribution in [-0.2, 0) is 6.54 Å². The molecule has 0 aliphatic carbocycles. The van der Waals surface area contributed by atoms with Crippen LogP contribution in [0.3, 0.4) is 0 Å². The van der Waals surface area contributed by atoms with Crippen LogP contribution < -0.4 is 0 Å². The number of hydrogen-bond acceptors (Lipinski definition) is 4. The Morgan fingerprint density at radius 2 is 2.18 bits per heavy atom. The van der Waals surface area contributed by atoms with Crippen molar-refractivity contribution >= 4 is 11.6 Å². The Hall–Kier alpha value is -2.67. The monoisotopic (exact) mass is 380 g/mol. The van der Waals surface area contributed by atoms with Crippen molar-refractivity contribution in [2.24, 2.45) is 0 Å². The Morgan fingerprint density at radius 1 is 1.29 bits per heavy atom. The molecule has 148 valence electrons. The van der Waals surface area contributed by atoms with Crippen LogP contribution in [0, 0.1) is 0 Å². The van der Waals surface area contributed by atoms with Crippen molar-refractivity contribution in [2.75, 3.05) is 33.7 Å². The zero-order chi connectivity index (χ0) is 19.5. The van der Waals surface area contributed by atoms with E-state index in [2.05, 4.69) is 39.7 Å². The number of pyridine rings is 1. The topological polar surface area (TPSA) is 58.7 Å². The lowest BCUT2D eigenvalue weighted by Gasteiger charge is -2.32. The Labute approximate surface area is 165 Å². The van der Waals surface area contributed by atoms with E-state index in [0.29, 0.717) is 12.2 Å². The summed E-state index contributed by atoms with van der Waals surface area (Å²) in [6, 6.07) is 5.79. The molecule has 0 spiro atoms. The van der Waals surface area contributed by atoms with Gasteiger partial charge in [0, 0.05) is 50.3 Å². The van der Waals surface area contributed by atoms with Gasteiger partial charge in [0.25, 0.3) is 5.91 Å². The molecular formula is C21H28N6O. The summed E-state index contributed by atoms with van der Waals surface area (Å²) >= 11 is 0. The van der Waals surface area contributed by atoms with Crippen molar-refractivity contribution in [3.8, 4) is 0 Å². The summed E-state index contributed by atoms with van der Waals surface area (Å²) in [5.41, 5.74) is 1.32. The lowest BCUT2D eigenvalue weighted by Crippen LogP contribution is -2.40. The average Bonchev–Trinajstić information content (AvgIpc) is 3.34. The number of rotatable bonds is 6. The van der Waals surface area contributed by atoms with Crippen molar-refractivity contribution in [3.05, 3.63) is 54.5 Å². The van der Waals surface area contributed by atoms with Crippen molar-refractivity contribution in [3.63, 3.8) is 0 Å². The highest BCUT2D eigenvalue weighted by atomic mass is 16.2. The van der Waals surface area contributed by atoms with Gasteiger partial charge in [0.15, 0.2) is 0 Å². The number of piperidine rings is 1. The number of carbonyl (C=O) groups excluding carboxylic acids is 1. The van der Waals surface area contributed by atoms with E-state index in [0.717, 1.165) is 50.4 Å². The quantitative estimate of drug-likeness (QED) is 0.659. The van der Waals surface area contributed by atoms with Crippen LogP contribution in [0.2, 0.25) is 0 Å². The van der Waals surface area contributed by atoms with Crippen LogP contribution in [0.25, 0.3) is 5.65 Å². The van der Waals surface area contributed by atoms with E-state index in [1.807, 2.05) is 46.1 Å². The van der Waals surface area contributed by atoms with Gasteiger partial charge in [-0.2, -0.15) is 0 Å². The van der Waals surface area contributed by atoms with Crippen LogP contribution >= 0.6 is 0 Å². The summed E-state index contributed by atoms with van der Waals surface area (Å²) < 4.78 is 4.15. The molecule has 3 aromatic rings. The number of fused-ring (bicyclic) bond motifs is 1. The fourth-order valence-electron chi connectivity index (χ4n) is 4.00. The average molecular weight is 380 g/mol. The minimum atomic E-state index is 0.0131. The van der Waals surface area contributed by atoms with Crippen LogP contribution in [0.5, 0.6) is 0 Å². The molecule has 1 amide bonds. The highest BCUT2D eigenvalue weighted by Gasteiger charge is 2.29. The smallest absolute Gasteiger partial charge is 0.274 e. The third kappa shape index (κ3) is 3.94. The molecule has 1 saturated heterocycles. The Kier molecular flexibility index (Phi) is 5.43. The van der Waals surface area contributed by atoms with Crippen LogP contribution in [0.1, 0.15) is 41.5 Å². The first-order valence-corrected chi connectivity index (χ1v) is 10.0. The predicted molar refractivity (Wildman–Crippen MR) is 108 cm³/mol. The number of amides is 1. The zero-order valence-electron chi connectivity index (χ0n) is 16.7. The van der Waals surface area contributed by atoms with E-state index in [9.17, 15) is 4.79 Å². The summed E-state index contributed by atoms with van der Waals surface area (Å²) in [5.74, 6) is 1.40. The minimum Gasteiger partial charge on any atom is -0.337 e. The normalized spacial score (nSPS) is 17.5. The molecule has 0 saturated carbocycles. The molecule has 7 nitrogen and oxygen atoms in total. The van der Waals surface area contributed by atoms with E-state index < -0.39 is 0 Å². The highest BCUT2D eigenvalue weighted by molar-refractivity contribution is 5.93. The number of imidazole rings is 2. The van der Waals surface area contributed by atoms with Gasteiger partial charge < -0.3 is 18.8 Å². The maximum absolute atomic E-state index is 13.0. The molecule has 28 heavy (non-hydrogen) atoms. The molecule has 0 N–H and O–H groups in total. The first-order chi connectivity index (χ1) is 13.6. The first kappa shape index (κ1) is 18.7. The molecule has 0 radical (unpaired) electrons. The molecule has 0 unspecified atom stereocenters. The molecule has 1 aliphatic rings. The van der Waals surface area contributed by atoms with Gasteiger partial charge in [-0.15, -0.1) is 0 Å². The van der Waals surface area contributed by atoms with E-state index in [1.54, 1.807) is 0 Å². The van der Waals surface area contributed by atoms with Gasteiger partial charge in [0.1, 0.15) is 17.2 Å². The van der Waals surface area contributed by atoms with Gasteiger partial charge in [-0.05, 0) is 52.0 Å². The standard InChI is InChI=1S/C21H28N6O/c1-24(2)10-6-13-25-14-9-22-20(25)17-7-5-12-27(15-17)21(28)18-16-26-11-4-3-8-19(26)23-18/h3-4,8-9,11,14,16-17H,5-7,10,12-13,15H2,1-2H3/t17-/m1/s1. The maximum Gasteiger partial charge on any atom is 0.274 e. The van der Waals surface area contributed by atoms with E-state index >= 15 is 0 Å². The van der Waals surface area contributed by atoms with Gasteiger partial charge in [-0.1, -0.05) is 6.07 Å². The maximum atomic E-state index is 13.0. The number of aryl methyl sites for hydroxylation is 1. The summed E-state index contributed by atoms with van der Waals surface area (Å²) in [5, 5.41) is 0. The number of likely N-dealkylation sites (tertiary alicyclic amines) is 1. The van der Waals surface area contributed by atoms with Crippen molar-refractivity contribution in [2.45, 2.75) is 31.7 Å². The van der Waals surface area contributed by atoms with Crippen molar-refractivity contribution < 1.29 is 4.79 Å². The van der Waals surface area contributed by atoms with E-state index in [-0.39, 0.29) is 11.8 Å². The fraction of sp³-hybridized carbons (Fsp3) is 0.476. The van der Waals surface area contributed by atoms with Gasteiger partial charge >= 0.3 is 0 Å². The Bertz CT molecular complexity index is 910. The molecular weight excluding hydrogens is 352 g/mol. The summed E-state index contributed by atoms with van der Waals surface area (Å²) in [7, 11) is 4.19. The minimum absolute atomic E-state index is 0.0131. The molecule has 7 heteroatoms. The molecule has 1 fully saturated rings. The molecule has 3 aromatic heterocycles. The van der Waals surface area contributed by atoms with Crippen molar-refractivity contribution in [1.82, 2.24) is 28.7 Å². The molecule has 0 bridgehead atoms. The molecule has 4 heterocycles. The summed E-state index contributed by atoms with van der Waals surface area (Å²) in [6.45, 7) is 3.51. The van der Waals surface area contributed by atoms with Gasteiger partial charge in [0.05, 0.1) is 0 Å². The second-order valence-electron chi connectivity index (χ2n) is 7.82. The number of hydrogen-bond donors (Lipinski definition) is 0. The van der Waals surface area contributed by atoms with Crippen LogP contribution in [0.4, 0.5) is 0 Å². The lowest BCUT2D eigenvalue weighted by atomic mass is 9.96. The second kappa shape index (κ2) is 8.14. The van der Waals surface area contributed by atoms with E-state index in [1.165, 1.54) is 0 Å². The predicted octanol–water partition coefficient (Wildman–Crippen LogP) is 2.50. The number of carbonyl (C=O) groups is 1. The third-order valence-corrected chi connectivity index (χ3v) is 5.41. The summed E-state index contributed by atoms with van der Waals surface area (Å²) in [4.78, 5) is 26.3. The molecule has 1 atom stereocenters. The van der Waals surface area contributed by atoms with Crippen LogP contribution in [0.15, 0.2) is 43.0 Å². The highest BCUT2D eigenvalue weighted by Crippen LogP contribution is 2.27. The third-order valence-electron chi connectivity index (χ3n) is 5.41. The first-order valence-electron chi connectivity index (χ1n) is 10.0. The second-order valence-corrected chi connectivity index (χ2v) is 7.82. The van der Waals surface area contributed by atoms with E-state index in [4.69, 9.17) is 0 Å².